The molecular weight excluding hydrogens is 232 g/mol. The third-order valence-electron chi connectivity index (χ3n) is 2.42. The van der Waals surface area contributed by atoms with Crippen LogP contribution in [-0.4, -0.2) is 30.5 Å². The molecule has 0 radical (unpaired) electrons. The van der Waals surface area contributed by atoms with Crippen LogP contribution < -0.4 is 9.47 Å². The minimum atomic E-state index is 0.439. The van der Waals surface area contributed by atoms with Gasteiger partial charge in [0, 0.05) is 24.0 Å². The minimum Gasteiger partial charge on any atom is -0.497 e. The molecule has 0 aliphatic rings. The van der Waals surface area contributed by atoms with Gasteiger partial charge >= 0.3 is 0 Å². The van der Waals surface area contributed by atoms with Gasteiger partial charge in [-0.25, -0.2) is 9.97 Å². The molecule has 92 valence electrons. The molecule has 0 fully saturated rings. The fourth-order valence-corrected chi connectivity index (χ4v) is 1.48. The van der Waals surface area contributed by atoms with Crippen molar-refractivity contribution in [3.05, 3.63) is 36.2 Å². The second kappa shape index (κ2) is 5.27. The monoisotopic (exact) mass is 244 g/mol. The Labute approximate surface area is 104 Å². The van der Waals surface area contributed by atoms with Gasteiger partial charge in [-0.05, 0) is 12.1 Å². The van der Waals surface area contributed by atoms with Gasteiger partial charge in [0.2, 0.25) is 0 Å². The van der Waals surface area contributed by atoms with Crippen molar-refractivity contribution in [1.29, 1.82) is 0 Å². The molecule has 1 aromatic heterocycles. The van der Waals surface area contributed by atoms with Crippen LogP contribution in [0.4, 0.5) is 0 Å². The zero-order valence-corrected chi connectivity index (χ0v) is 10.1. The van der Waals surface area contributed by atoms with Crippen molar-refractivity contribution in [3.63, 3.8) is 0 Å². The van der Waals surface area contributed by atoms with Crippen molar-refractivity contribution in [2.24, 2.45) is 0 Å². The number of aromatic nitrogens is 2. The molecule has 2 rings (SSSR count). The van der Waals surface area contributed by atoms with E-state index in [1.54, 1.807) is 32.4 Å². The Kier molecular flexibility index (Phi) is 3.52. The van der Waals surface area contributed by atoms with Crippen LogP contribution in [0.3, 0.4) is 0 Å². The Hall–Kier alpha value is -2.43. The Morgan fingerprint density at radius 1 is 1.00 bits per heavy atom. The molecule has 18 heavy (non-hydrogen) atoms. The summed E-state index contributed by atoms with van der Waals surface area (Å²) in [6, 6.07) is 5.38. The maximum Gasteiger partial charge on any atom is 0.159 e. The highest BCUT2D eigenvalue weighted by molar-refractivity contribution is 5.74. The first-order valence-electron chi connectivity index (χ1n) is 5.27. The summed E-state index contributed by atoms with van der Waals surface area (Å²) < 4.78 is 10.3. The van der Waals surface area contributed by atoms with Crippen LogP contribution in [0.1, 0.15) is 10.4 Å². The molecule has 0 bridgehead atoms. The molecule has 0 N–H and O–H groups in total. The lowest BCUT2D eigenvalue weighted by molar-refractivity contribution is 0.112. The summed E-state index contributed by atoms with van der Waals surface area (Å²) in [6.45, 7) is 0. The Morgan fingerprint density at radius 2 is 1.56 bits per heavy atom. The number of carbonyl (C=O) groups is 1. The molecule has 0 saturated heterocycles. The first-order valence-corrected chi connectivity index (χ1v) is 5.27. The largest absolute Gasteiger partial charge is 0.497 e. The third-order valence-corrected chi connectivity index (χ3v) is 2.42. The van der Waals surface area contributed by atoms with Gasteiger partial charge in [0.25, 0.3) is 0 Å². The molecule has 5 heteroatoms. The standard InChI is InChI=1S/C13H12N2O3/c1-17-11-3-10(4-12(5-11)18-2)13-14-6-9(8-16)7-15-13/h3-8H,1-2H3. The average Bonchev–Trinajstić information content (AvgIpc) is 2.46. The van der Waals surface area contributed by atoms with E-state index < -0.39 is 0 Å². The van der Waals surface area contributed by atoms with Gasteiger partial charge in [0.05, 0.1) is 19.8 Å². The number of hydrogen-bond donors (Lipinski definition) is 0. The highest BCUT2D eigenvalue weighted by Gasteiger charge is 2.06. The first-order chi connectivity index (χ1) is 8.76. The van der Waals surface area contributed by atoms with Gasteiger partial charge < -0.3 is 9.47 Å². The van der Waals surface area contributed by atoms with Gasteiger partial charge in [-0.3, -0.25) is 4.79 Å². The second-order valence-corrected chi connectivity index (χ2v) is 3.56. The molecule has 0 unspecified atom stereocenters. The van der Waals surface area contributed by atoms with E-state index >= 15 is 0 Å². The van der Waals surface area contributed by atoms with Crippen LogP contribution >= 0.6 is 0 Å². The number of nitrogens with zero attached hydrogens (tertiary/aromatic N) is 2. The van der Waals surface area contributed by atoms with Gasteiger partial charge in [0.1, 0.15) is 11.5 Å². The molecule has 0 aliphatic heterocycles. The van der Waals surface area contributed by atoms with Crippen LogP contribution in [0.15, 0.2) is 30.6 Å². The van der Waals surface area contributed by atoms with Gasteiger partial charge in [-0.1, -0.05) is 0 Å². The molecule has 5 nitrogen and oxygen atoms in total. The van der Waals surface area contributed by atoms with Crippen molar-refractivity contribution in [2.45, 2.75) is 0 Å². The van der Waals surface area contributed by atoms with E-state index in [-0.39, 0.29) is 0 Å². The van der Waals surface area contributed by atoms with Crippen LogP contribution in [-0.2, 0) is 0 Å². The van der Waals surface area contributed by atoms with E-state index in [1.165, 1.54) is 12.4 Å². The summed E-state index contributed by atoms with van der Waals surface area (Å²) in [5, 5.41) is 0. The summed E-state index contributed by atoms with van der Waals surface area (Å²) in [5.41, 5.74) is 1.21. The highest BCUT2D eigenvalue weighted by Crippen LogP contribution is 2.27. The summed E-state index contributed by atoms with van der Waals surface area (Å²) in [6.07, 6.45) is 3.65. The second-order valence-electron chi connectivity index (χ2n) is 3.56. The number of rotatable bonds is 4. The van der Waals surface area contributed by atoms with Crippen molar-refractivity contribution in [1.82, 2.24) is 9.97 Å². The number of ether oxygens (including phenoxy) is 2. The van der Waals surface area contributed by atoms with E-state index in [1.807, 2.05) is 0 Å². The Balaban J connectivity index is 2.44. The van der Waals surface area contributed by atoms with Crippen molar-refractivity contribution < 1.29 is 14.3 Å². The van der Waals surface area contributed by atoms with Crippen LogP contribution in [0, 0.1) is 0 Å². The maximum atomic E-state index is 10.5. The number of benzene rings is 1. The zero-order chi connectivity index (χ0) is 13.0. The number of carbonyl (C=O) groups excluding carboxylic acids is 1. The molecule has 1 aromatic carbocycles. The van der Waals surface area contributed by atoms with E-state index in [9.17, 15) is 4.79 Å². The van der Waals surface area contributed by atoms with E-state index in [2.05, 4.69) is 9.97 Å². The van der Waals surface area contributed by atoms with E-state index in [4.69, 9.17) is 9.47 Å². The van der Waals surface area contributed by atoms with Crippen molar-refractivity contribution >= 4 is 6.29 Å². The summed E-state index contributed by atoms with van der Waals surface area (Å²) in [7, 11) is 3.16. The summed E-state index contributed by atoms with van der Waals surface area (Å²) in [5.74, 6) is 1.83. The predicted octanol–water partition coefficient (Wildman–Crippen LogP) is 1.97. The first kappa shape index (κ1) is 12.0. The fraction of sp³-hybridized carbons (Fsp3) is 0.154. The van der Waals surface area contributed by atoms with Gasteiger partial charge in [-0.2, -0.15) is 0 Å². The van der Waals surface area contributed by atoms with Gasteiger partial charge in [0.15, 0.2) is 12.1 Å². The van der Waals surface area contributed by atoms with Crippen molar-refractivity contribution in [2.75, 3.05) is 14.2 Å². The topological polar surface area (TPSA) is 61.3 Å². The lowest BCUT2D eigenvalue weighted by Gasteiger charge is -2.07. The molecular formula is C13H12N2O3. The predicted molar refractivity (Wildman–Crippen MR) is 66.0 cm³/mol. The molecule has 1 heterocycles. The Bertz CT molecular complexity index is 530. The normalized spacial score (nSPS) is 9.89. The molecule has 2 aromatic rings. The molecule has 0 aliphatic carbocycles. The van der Waals surface area contributed by atoms with Crippen LogP contribution in [0.25, 0.3) is 11.4 Å². The lowest BCUT2D eigenvalue weighted by Crippen LogP contribution is -1.93. The average molecular weight is 244 g/mol. The molecule has 0 amide bonds. The zero-order valence-electron chi connectivity index (χ0n) is 10.1. The quantitative estimate of drug-likeness (QED) is 0.769. The Morgan fingerprint density at radius 3 is 2.00 bits per heavy atom. The fourth-order valence-electron chi connectivity index (χ4n) is 1.48. The molecule has 0 saturated carbocycles. The number of hydrogen-bond acceptors (Lipinski definition) is 5. The maximum absolute atomic E-state index is 10.5. The summed E-state index contributed by atoms with van der Waals surface area (Å²) >= 11 is 0. The highest BCUT2D eigenvalue weighted by atomic mass is 16.5. The lowest BCUT2D eigenvalue weighted by atomic mass is 10.2. The van der Waals surface area contributed by atoms with Gasteiger partial charge in [-0.15, -0.1) is 0 Å². The van der Waals surface area contributed by atoms with Crippen LogP contribution in [0.5, 0.6) is 11.5 Å². The van der Waals surface area contributed by atoms with E-state index in [0.29, 0.717) is 29.2 Å². The number of aldehydes is 1. The van der Waals surface area contributed by atoms with E-state index in [0.717, 1.165) is 5.56 Å². The van der Waals surface area contributed by atoms with Crippen LogP contribution in [0.2, 0.25) is 0 Å². The minimum absolute atomic E-state index is 0.439. The number of methoxy groups -OCH3 is 2. The van der Waals surface area contributed by atoms with Crippen molar-refractivity contribution in [3.8, 4) is 22.9 Å². The molecule has 0 atom stereocenters. The summed E-state index contributed by atoms with van der Waals surface area (Å²) in [4.78, 5) is 18.8. The molecule has 0 spiro atoms. The third kappa shape index (κ3) is 2.45. The smallest absolute Gasteiger partial charge is 0.159 e. The SMILES string of the molecule is COc1cc(OC)cc(-c2ncc(C=O)cn2)c1.